The number of anilines is 1. The molecule has 0 amide bonds. The first-order valence-electron chi connectivity index (χ1n) is 9.88. The Kier molecular flexibility index (Phi) is 5.81. The standard InChI is InChI=1S/C23H25ClN2OS/c1-3-25(4-2)12-13-26-19-11-10-17(24)14-18(19)21(16-8-6-5-7-9-16)22-20(26)15-28-23(22)27/h5-11,14,21H,3-4,12-13,15H2,1-2H3. The van der Waals surface area contributed by atoms with Gasteiger partial charge >= 0.3 is 0 Å². The first-order chi connectivity index (χ1) is 13.6. The van der Waals surface area contributed by atoms with Crippen LogP contribution < -0.4 is 4.90 Å². The molecule has 2 aromatic carbocycles. The van der Waals surface area contributed by atoms with Crippen LogP contribution in [0.5, 0.6) is 0 Å². The number of likely N-dealkylation sites (N-methyl/N-ethyl adjacent to an activating group) is 1. The molecule has 5 heteroatoms. The third-order valence-corrected chi connectivity index (χ3v) is 6.88. The van der Waals surface area contributed by atoms with E-state index in [0.29, 0.717) is 5.02 Å². The van der Waals surface area contributed by atoms with Crippen molar-refractivity contribution in [3.8, 4) is 0 Å². The minimum atomic E-state index is -0.0443. The number of hydrogen-bond donors (Lipinski definition) is 0. The Hall–Kier alpha value is -1.75. The minimum Gasteiger partial charge on any atom is -0.342 e. The Labute approximate surface area is 176 Å². The maximum atomic E-state index is 12.9. The van der Waals surface area contributed by atoms with Crippen LogP contribution in [0.4, 0.5) is 5.69 Å². The van der Waals surface area contributed by atoms with Crippen molar-refractivity contribution < 1.29 is 4.79 Å². The molecule has 2 aromatic rings. The lowest BCUT2D eigenvalue weighted by Gasteiger charge is -2.38. The van der Waals surface area contributed by atoms with Gasteiger partial charge in [0.25, 0.3) is 0 Å². The van der Waals surface area contributed by atoms with Crippen molar-refractivity contribution in [2.24, 2.45) is 0 Å². The Balaban J connectivity index is 1.83. The summed E-state index contributed by atoms with van der Waals surface area (Å²) in [5.74, 6) is 0.703. The summed E-state index contributed by atoms with van der Waals surface area (Å²) in [6, 6.07) is 16.4. The predicted octanol–water partition coefficient (Wildman–Crippen LogP) is 5.16. The average Bonchev–Trinajstić information content (AvgIpc) is 3.10. The molecule has 0 N–H and O–H groups in total. The number of nitrogens with zero attached hydrogens (tertiary/aromatic N) is 2. The highest BCUT2D eigenvalue weighted by molar-refractivity contribution is 8.14. The van der Waals surface area contributed by atoms with Crippen molar-refractivity contribution in [2.45, 2.75) is 19.8 Å². The van der Waals surface area contributed by atoms with Crippen molar-refractivity contribution in [3.05, 3.63) is 76.0 Å². The molecule has 1 atom stereocenters. The summed E-state index contributed by atoms with van der Waals surface area (Å²) in [6.45, 7) is 8.30. The molecule has 0 saturated heterocycles. The van der Waals surface area contributed by atoms with Gasteiger partial charge in [0.15, 0.2) is 0 Å². The van der Waals surface area contributed by atoms with Crippen molar-refractivity contribution in [1.82, 2.24) is 4.90 Å². The van der Waals surface area contributed by atoms with Crippen molar-refractivity contribution in [3.63, 3.8) is 0 Å². The highest BCUT2D eigenvalue weighted by Gasteiger charge is 2.40. The molecule has 0 aliphatic carbocycles. The van der Waals surface area contributed by atoms with E-state index in [1.165, 1.54) is 23.1 Å². The van der Waals surface area contributed by atoms with E-state index < -0.39 is 0 Å². The quantitative estimate of drug-likeness (QED) is 0.653. The lowest BCUT2D eigenvalue weighted by Crippen LogP contribution is -2.38. The number of rotatable bonds is 6. The molecule has 0 saturated carbocycles. The van der Waals surface area contributed by atoms with Crippen molar-refractivity contribution in [1.29, 1.82) is 0 Å². The molecule has 0 radical (unpaired) electrons. The molecule has 0 aromatic heterocycles. The fourth-order valence-electron chi connectivity index (χ4n) is 4.25. The largest absolute Gasteiger partial charge is 0.342 e. The molecule has 2 aliphatic rings. The maximum Gasteiger partial charge on any atom is 0.218 e. The molecule has 2 aliphatic heterocycles. The van der Waals surface area contributed by atoms with Gasteiger partial charge in [-0.3, -0.25) is 4.79 Å². The van der Waals surface area contributed by atoms with Crippen LogP contribution in [0.1, 0.15) is 30.9 Å². The monoisotopic (exact) mass is 412 g/mol. The summed E-state index contributed by atoms with van der Waals surface area (Å²) in [5, 5.41) is 0.910. The molecular formula is C23H25ClN2OS. The Bertz CT molecular complexity index is 908. The van der Waals surface area contributed by atoms with Gasteiger partial charge in [0.2, 0.25) is 5.12 Å². The van der Waals surface area contributed by atoms with Crippen molar-refractivity contribution in [2.75, 3.05) is 36.8 Å². The number of halogens is 1. The highest BCUT2D eigenvalue weighted by Crippen LogP contribution is 2.50. The van der Waals surface area contributed by atoms with Crippen LogP contribution in [-0.4, -0.2) is 41.9 Å². The van der Waals surface area contributed by atoms with Gasteiger partial charge in [-0.15, -0.1) is 0 Å². The van der Waals surface area contributed by atoms with E-state index in [1.54, 1.807) is 0 Å². The van der Waals surface area contributed by atoms with E-state index in [-0.39, 0.29) is 11.0 Å². The first kappa shape index (κ1) is 19.6. The highest BCUT2D eigenvalue weighted by atomic mass is 35.5. The van der Waals surface area contributed by atoms with Crippen molar-refractivity contribution >= 4 is 34.2 Å². The Morgan fingerprint density at radius 2 is 1.89 bits per heavy atom. The number of carbonyl (C=O) groups is 1. The van der Waals surface area contributed by atoms with Crippen LogP contribution in [-0.2, 0) is 4.79 Å². The molecule has 3 nitrogen and oxygen atoms in total. The van der Waals surface area contributed by atoms with E-state index in [9.17, 15) is 4.79 Å². The van der Waals surface area contributed by atoms with Gasteiger partial charge in [-0.1, -0.05) is 67.5 Å². The second-order valence-corrected chi connectivity index (χ2v) is 8.55. The average molecular weight is 413 g/mol. The van der Waals surface area contributed by atoms with Crippen LogP contribution in [0.3, 0.4) is 0 Å². The summed E-state index contributed by atoms with van der Waals surface area (Å²) in [5.41, 5.74) is 5.57. The molecule has 4 rings (SSSR count). The normalized spacial score (nSPS) is 18.6. The number of carbonyl (C=O) groups excluding carboxylic acids is 1. The van der Waals surface area contributed by atoms with E-state index in [1.807, 2.05) is 30.3 Å². The number of benzene rings is 2. The number of hydrogen-bond acceptors (Lipinski definition) is 4. The van der Waals surface area contributed by atoms with Crippen LogP contribution in [0.15, 0.2) is 59.8 Å². The summed E-state index contributed by atoms with van der Waals surface area (Å²) < 4.78 is 0. The van der Waals surface area contributed by atoms with Gasteiger partial charge in [0.1, 0.15) is 0 Å². The van der Waals surface area contributed by atoms with E-state index in [2.05, 4.69) is 41.8 Å². The lowest BCUT2D eigenvalue weighted by atomic mass is 9.80. The summed E-state index contributed by atoms with van der Waals surface area (Å²) in [4.78, 5) is 17.7. The van der Waals surface area contributed by atoms with Crippen LogP contribution >= 0.6 is 23.4 Å². The molecular weight excluding hydrogens is 388 g/mol. The minimum absolute atomic E-state index is 0.0443. The summed E-state index contributed by atoms with van der Waals surface area (Å²) in [6.07, 6.45) is 0. The zero-order valence-corrected chi connectivity index (χ0v) is 17.9. The van der Waals surface area contributed by atoms with Gasteiger partial charge in [-0.05, 0) is 42.4 Å². The van der Waals surface area contributed by atoms with Gasteiger partial charge in [-0.2, -0.15) is 0 Å². The van der Waals surface area contributed by atoms with Gasteiger partial charge in [0, 0.05) is 46.7 Å². The smallest absolute Gasteiger partial charge is 0.218 e. The summed E-state index contributed by atoms with van der Waals surface area (Å²) in [7, 11) is 0. The fourth-order valence-corrected chi connectivity index (χ4v) is 5.40. The Morgan fingerprint density at radius 1 is 1.14 bits per heavy atom. The lowest BCUT2D eigenvalue weighted by molar-refractivity contribution is -0.107. The fraction of sp³-hybridized carbons (Fsp3) is 0.348. The Morgan fingerprint density at radius 3 is 2.61 bits per heavy atom. The predicted molar refractivity (Wildman–Crippen MR) is 119 cm³/mol. The van der Waals surface area contributed by atoms with E-state index >= 15 is 0 Å². The van der Waals surface area contributed by atoms with E-state index in [0.717, 1.165) is 48.6 Å². The maximum absolute atomic E-state index is 12.9. The molecule has 0 fully saturated rings. The second-order valence-electron chi connectivity index (χ2n) is 7.16. The molecule has 2 heterocycles. The van der Waals surface area contributed by atoms with Crippen LogP contribution in [0.25, 0.3) is 0 Å². The van der Waals surface area contributed by atoms with E-state index in [4.69, 9.17) is 11.6 Å². The molecule has 0 spiro atoms. The molecule has 1 unspecified atom stereocenters. The topological polar surface area (TPSA) is 23.6 Å². The first-order valence-corrected chi connectivity index (χ1v) is 11.2. The molecule has 28 heavy (non-hydrogen) atoms. The third-order valence-electron chi connectivity index (χ3n) is 5.74. The SMILES string of the molecule is CCN(CC)CCN1C2=C(C(=O)SC2)C(c2ccccc2)c2cc(Cl)ccc21. The number of fused-ring (bicyclic) bond motifs is 1. The van der Waals surface area contributed by atoms with Gasteiger partial charge < -0.3 is 9.80 Å². The third kappa shape index (κ3) is 3.49. The zero-order valence-electron chi connectivity index (χ0n) is 16.3. The van der Waals surface area contributed by atoms with Crippen LogP contribution in [0, 0.1) is 0 Å². The number of thioether (sulfide) groups is 1. The van der Waals surface area contributed by atoms with Crippen LogP contribution in [0.2, 0.25) is 5.02 Å². The second kappa shape index (κ2) is 8.32. The molecule has 146 valence electrons. The zero-order chi connectivity index (χ0) is 19.7. The molecule has 0 bridgehead atoms. The van der Waals surface area contributed by atoms with Gasteiger partial charge in [0.05, 0.1) is 0 Å². The van der Waals surface area contributed by atoms with Gasteiger partial charge in [-0.25, -0.2) is 0 Å². The summed E-state index contributed by atoms with van der Waals surface area (Å²) >= 11 is 7.82.